The van der Waals surface area contributed by atoms with Crippen molar-refractivity contribution in [1.82, 2.24) is 21.3 Å². The summed E-state index contributed by atoms with van der Waals surface area (Å²) in [4.78, 5) is 86.0. The second-order valence-electron chi connectivity index (χ2n) is 9.14. The minimum atomic E-state index is -2.01. The maximum atomic E-state index is 13.1. The van der Waals surface area contributed by atoms with Crippen molar-refractivity contribution in [3.8, 4) is 0 Å². The molecule has 4 amide bonds. The van der Waals surface area contributed by atoms with Crippen LogP contribution in [0.3, 0.4) is 0 Å². The van der Waals surface area contributed by atoms with Crippen LogP contribution in [-0.2, 0) is 33.6 Å². The summed E-state index contributed by atoms with van der Waals surface area (Å²) in [6.45, 7) is 3.81. The first-order valence-electron chi connectivity index (χ1n) is 11.6. The Balaban J connectivity index is 5.97. The fraction of sp³-hybridized carbons (Fsp3) is 0.667. The zero-order valence-electron chi connectivity index (χ0n) is 21.7. The van der Waals surface area contributed by atoms with Gasteiger partial charge in [-0.25, -0.2) is 0 Å². The van der Waals surface area contributed by atoms with Crippen LogP contribution in [0.1, 0.15) is 52.9 Å². The number of nitrogens with two attached hydrogens (primary N) is 1. The van der Waals surface area contributed by atoms with Crippen molar-refractivity contribution in [2.24, 2.45) is 16.8 Å². The number of nitrogens with one attached hydrogen (secondary N) is 4. The first-order chi connectivity index (χ1) is 18.0. The molecule has 0 aliphatic carbocycles. The van der Waals surface area contributed by atoms with Gasteiger partial charge in [-0.2, -0.15) is 0 Å². The molecule has 4 atom stereocenters. The lowest BCUT2D eigenvalue weighted by Gasteiger charge is -2.31. The maximum Gasteiger partial charge on any atom is 0.307 e. The summed E-state index contributed by atoms with van der Waals surface area (Å²) in [6, 6.07) is -4.50. The molecule has 18 heteroatoms. The van der Waals surface area contributed by atoms with E-state index < -0.39 is 97.6 Å². The molecule has 0 rings (SSSR count). The van der Waals surface area contributed by atoms with Crippen LogP contribution >= 0.6 is 0 Å². The van der Waals surface area contributed by atoms with E-state index in [1.807, 2.05) is 0 Å². The number of azide groups is 1. The van der Waals surface area contributed by atoms with Crippen LogP contribution in [-0.4, -0.2) is 87.2 Å². The standard InChI is InChI=1S/C21H34N8O10/c1-10(2)6-13(20(39)28-21(22,8-17(35)36)9-24-29-23)27-18(37)12(4-5-15(31)32)26-19(38)14(7-16(33)34)25-11(3)30/h10,12-14H,4-9,22H2,1-3H3,(H,25,30)(H,26,38)(H,27,37)(H,28,39)(H,31,32)(H,33,34)(H,35,36)/t12-,13-,14-,21-/m0/s1. The van der Waals surface area contributed by atoms with Crippen molar-refractivity contribution < 1.29 is 48.9 Å². The van der Waals surface area contributed by atoms with Crippen molar-refractivity contribution in [1.29, 1.82) is 0 Å². The molecule has 9 N–H and O–H groups in total. The summed E-state index contributed by atoms with van der Waals surface area (Å²) in [7, 11) is 0. The number of nitrogens with zero attached hydrogens (tertiary/aromatic N) is 3. The highest BCUT2D eigenvalue weighted by molar-refractivity contribution is 5.95. The summed E-state index contributed by atoms with van der Waals surface area (Å²) in [5, 5.41) is 39.3. The fourth-order valence-corrected chi connectivity index (χ4v) is 3.31. The number of carbonyl (C=O) groups is 7. The van der Waals surface area contributed by atoms with Crippen molar-refractivity contribution >= 4 is 41.5 Å². The first-order valence-corrected chi connectivity index (χ1v) is 11.6. The SMILES string of the molecule is CC(=O)N[C@@H](CC(=O)O)C(=O)N[C@@H](CCC(=O)O)C(=O)N[C@@H](CC(C)C)C(=O)N[C@](N)(CN=[N+]=[N-])CC(=O)O. The Labute approximate surface area is 222 Å². The van der Waals surface area contributed by atoms with E-state index in [1.54, 1.807) is 13.8 Å². The Hall–Kier alpha value is -4.44. The molecule has 39 heavy (non-hydrogen) atoms. The van der Waals surface area contributed by atoms with Gasteiger partial charge in [0.15, 0.2) is 0 Å². The number of aliphatic carboxylic acids is 3. The number of amides is 4. The molecule has 18 nitrogen and oxygen atoms in total. The van der Waals surface area contributed by atoms with E-state index in [1.165, 1.54) is 0 Å². The zero-order valence-corrected chi connectivity index (χ0v) is 21.7. The zero-order chi connectivity index (χ0) is 30.3. The number of rotatable bonds is 18. The van der Waals surface area contributed by atoms with Crippen LogP contribution in [0, 0.1) is 5.92 Å². The Morgan fingerprint density at radius 3 is 1.90 bits per heavy atom. The summed E-state index contributed by atoms with van der Waals surface area (Å²) < 4.78 is 0. The van der Waals surface area contributed by atoms with Crippen LogP contribution in [0.4, 0.5) is 0 Å². The van der Waals surface area contributed by atoms with Crippen LogP contribution < -0.4 is 27.0 Å². The van der Waals surface area contributed by atoms with Crippen LogP contribution in [0.2, 0.25) is 0 Å². The lowest BCUT2D eigenvalue weighted by atomic mass is 10.00. The Morgan fingerprint density at radius 2 is 1.44 bits per heavy atom. The van der Waals surface area contributed by atoms with E-state index in [0.717, 1.165) is 6.92 Å². The van der Waals surface area contributed by atoms with E-state index in [-0.39, 0.29) is 12.3 Å². The second kappa shape index (κ2) is 16.4. The molecule has 0 heterocycles. The molecule has 218 valence electrons. The Kier molecular flexibility index (Phi) is 14.5. The third kappa shape index (κ3) is 14.8. The molecule has 0 fully saturated rings. The molecule has 0 aromatic carbocycles. The van der Waals surface area contributed by atoms with Gasteiger partial charge >= 0.3 is 17.9 Å². The van der Waals surface area contributed by atoms with Gasteiger partial charge in [-0.1, -0.05) is 19.0 Å². The third-order valence-electron chi connectivity index (χ3n) is 4.95. The van der Waals surface area contributed by atoms with Gasteiger partial charge in [0.2, 0.25) is 23.6 Å². The maximum absolute atomic E-state index is 13.1. The highest BCUT2D eigenvalue weighted by atomic mass is 16.4. The second-order valence-corrected chi connectivity index (χ2v) is 9.14. The molecule has 0 saturated carbocycles. The highest BCUT2D eigenvalue weighted by Crippen LogP contribution is 2.11. The van der Waals surface area contributed by atoms with Crippen molar-refractivity contribution in [3.05, 3.63) is 10.4 Å². The number of hydrogen-bond donors (Lipinski definition) is 8. The quantitative estimate of drug-likeness (QED) is 0.0410. The van der Waals surface area contributed by atoms with Gasteiger partial charge in [0.05, 0.1) is 19.4 Å². The summed E-state index contributed by atoms with van der Waals surface area (Å²) in [5.74, 6) is -8.15. The molecule has 0 saturated heterocycles. The molecule has 0 spiro atoms. The molecule has 0 bridgehead atoms. The normalized spacial score (nSPS) is 14.4. The topological polar surface area (TPSA) is 303 Å². The largest absolute Gasteiger partial charge is 0.481 e. The van der Waals surface area contributed by atoms with Crippen LogP contribution in [0.15, 0.2) is 5.11 Å². The van der Waals surface area contributed by atoms with E-state index >= 15 is 0 Å². The molecular formula is C21H34N8O10. The average Bonchev–Trinajstić information content (AvgIpc) is 2.77. The van der Waals surface area contributed by atoms with Gasteiger partial charge in [-0.3, -0.25) is 33.6 Å². The minimum absolute atomic E-state index is 0.00459. The fourth-order valence-electron chi connectivity index (χ4n) is 3.31. The monoisotopic (exact) mass is 558 g/mol. The van der Waals surface area contributed by atoms with E-state index in [9.17, 15) is 33.6 Å². The van der Waals surface area contributed by atoms with Crippen molar-refractivity contribution in [2.45, 2.75) is 76.7 Å². The lowest BCUT2D eigenvalue weighted by molar-refractivity contribution is -0.142. The Bertz CT molecular complexity index is 975. The summed E-state index contributed by atoms with van der Waals surface area (Å²) in [6.07, 6.45) is -2.72. The van der Waals surface area contributed by atoms with E-state index in [4.69, 9.17) is 26.6 Å². The first kappa shape index (κ1) is 34.6. The predicted octanol–water partition coefficient (Wildman–Crippen LogP) is -1.60. The predicted molar refractivity (Wildman–Crippen MR) is 131 cm³/mol. The van der Waals surface area contributed by atoms with Gasteiger partial charge in [0.25, 0.3) is 0 Å². The average molecular weight is 559 g/mol. The van der Waals surface area contributed by atoms with Crippen molar-refractivity contribution in [2.75, 3.05) is 6.54 Å². The summed E-state index contributed by atoms with van der Waals surface area (Å²) in [5.41, 5.74) is 12.5. The molecule has 0 aliphatic rings. The van der Waals surface area contributed by atoms with Crippen LogP contribution in [0.5, 0.6) is 0 Å². The smallest absolute Gasteiger partial charge is 0.307 e. The number of carbonyl (C=O) groups excluding carboxylic acids is 4. The van der Waals surface area contributed by atoms with Gasteiger partial charge in [-0.05, 0) is 24.3 Å². The molecule has 0 aromatic rings. The van der Waals surface area contributed by atoms with Gasteiger partial charge in [0.1, 0.15) is 23.8 Å². The van der Waals surface area contributed by atoms with Crippen LogP contribution in [0.25, 0.3) is 10.4 Å². The highest BCUT2D eigenvalue weighted by Gasteiger charge is 2.35. The summed E-state index contributed by atoms with van der Waals surface area (Å²) >= 11 is 0. The van der Waals surface area contributed by atoms with Gasteiger partial charge in [-0.15, -0.1) is 0 Å². The number of hydrogen-bond acceptors (Lipinski definition) is 9. The molecule has 0 aliphatic heterocycles. The van der Waals surface area contributed by atoms with Crippen molar-refractivity contribution in [3.63, 3.8) is 0 Å². The minimum Gasteiger partial charge on any atom is -0.481 e. The third-order valence-corrected chi connectivity index (χ3v) is 4.95. The molecule has 0 aromatic heterocycles. The number of carboxylic acids is 3. The van der Waals surface area contributed by atoms with Gasteiger partial charge in [0, 0.05) is 18.3 Å². The van der Waals surface area contributed by atoms with E-state index in [0.29, 0.717) is 0 Å². The van der Waals surface area contributed by atoms with E-state index in [2.05, 4.69) is 31.3 Å². The Morgan fingerprint density at radius 1 is 0.872 bits per heavy atom. The number of carboxylic acid groups (broad SMARTS) is 3. The molecular weight excluding hydrogens is 524 g/mol. The lowest BCUT2D eigenvalue weighted by Crippen LogP contribution is -2.64. The van der Waals surface area contributed by atoms with Gasteiger partial charge < -0.3 is 42.3 Å². The molecule has 0 unspecified atom stereocenters. The molecule has 0 radical (unpaired) electrons.